The van der Waals surface area contributed by atoms with Crippen LogP contribution in [0.5, 0.6) is 5.75 Å². The molecule has 1 saturated heterocycles. The summed E-state index contributed by atoms with van der Waals surface area (Å²) < 4.78 is 19.8. The van der Waals surface area contributed by atoms with Crippen LogP contribution in [0.25, 0.3) is 0 Å². The molecule has 2 aliphatic rings. The Morgan fingerprint density at radius 3 is 2.40 bits per heavy atom. The van der Waals surface area contributed by atoms with E-state index in [1.807, 2.05) is 42.2 Å². The van der Waals surface area contributed by atoms with E-state index >= 15 is 0 Å². The molecule has 4 rings (SSSR count). The number of para-hydroxylation sites is 3. The summed E-state index contributed by atoms with van der Waals surface area (Å²) in [4.78, 5) is 31.0. The third-order valence-corrected chi connectivity index (χ3v) is 5.71. The largest absolute Gasteiger partial charge is 0.478 e. The average Bonchev–Trinajstić information content (AvgIpc) is 2.78. The van der Waals surface area contributed by atoms with Crippen molar-refractivity contribution in [1.29, 1.82) is 0 Å². The molecule has 6 nitrogen and oxygen atoms in total. The summed E-state index contributed by atoms with van der Waals surface area (Å²) in [5, 5.41) is 0. The van der Waals surface area contributed by atoms with E-state index in [9.17, 15) is 14.0 Å². The molecule has 1 fully saturated rings. The Kier molecular flexibility index (Phi) is 5.88. The summed E-state index contributed by atoms with van der Waals surface area (Å²) >= 11 is 0. The van der Waals surface area contributed by atoms with Crippen LogP contribution in [0.3, 0.4) is 0 Å². The lowest BCUT2D eigenvalue weighted by molar-refractivity contribution is -0.131. The molecule has 158 valence electrons. The van der Waals surface area contributed by atoms with Crippen molar-refractivity contribution in [2.75, 3.05) is 42.5 Å². The Balaban J connectivity index is 1.36. The van der Waals surface area contributed by atoms with Crippen LogP contribution in [0.15, 0.2) is 48.5 Å². The zero-order valence-electron chi connectivity index (χ0n) is 17.1. The van der Waals surface area contributed by atoms with Crippen LogP contribution in [-0.2, 0) is 9.59 Å². The van der Waals surface area contributed by atoms with Crippen LogP contribution in [0.1, 0.15) is 19.8 Å². The first kappa shape index (κ1) is 20.2. The van der Waals surface area contributed by atoms with Crippen molar-refractivity contribution in [2.45, 2.75) is 25.9 Å². The minimum Gasteiger partial charge on any atom is -0.478 e. The molecule has 1 atom stereocenters. The van der Waals surface area contributed by atoms with E-state index in [-0.39, 0.29) is 24.1 Å². The molecule has 2 amide bonds. The number of piperazine rings is 1. The molecule has 0 spiro atoms. The molecular formula is C23H26FN3O3. The molecule has 1 unspecified atom stereocenters. The van der Waals surface area contributed by atoms with Crippen molar-refractivity contribution in [2.24, 2.45) is 0 Å². The molecule has 0 N–H and O–H groups in total. The molecule has 7 heteroatoms. The van der Waals surface area contributed by atoms with Crippen molar-refractivity contribution in [3.63, 3.8) is 0 Å². The first-order valence-electron chi connectivity index (χ1n) is 10.4. The Hall–Kier alpha value is -3.09. The van der Waals surface area contributed by atoms with Gasteiger partial charge in [-0.15, -0.1) is 0 Å². The number of anilines is 2. The molecule has 0 aromatic heterocycles. The fraction of sp³-hybridized carbons (Fsp3) is 0.391. The van der Waals surface area contributed by atoms with Crippen molar-refractivity contribution in [3.8, 4) is 5.75 Å². The number of halogens is 1. The summed E-state index contributed by atoms with van der Waals surface area (Å²) in [6.45, 7) is 4.49. The number of benzene rings is 2. The predicted octanol–water partition coefficient (Wildman–Crippen LogP) is 3.07. The van der Waals surface area contributed by atoms with Crippen molar-refractivity contribution >= 4 is 23.2 Å². The van der Waals surface area contributed by atoms with Gasteiger partial charge in [-0.3, -0.25) is 9.59 Å². The lowest BCUT2D eigenvalue weighted by atomic mass is 10.1. The van der Waals surface area contributed by atoms with E-state index < -0.39 is 6.10 Å². The van der Waals surface area contributed by atoms with Gasteiger partial charge in [0.25, 0.3) is 5.91 Å². The first-order chi connectivity index (χ1) is 14.6. The lowest BCUT2D eigenvalue weighted by Gasteiger charge is -2.37. The van der Waals surface area contributed by atoms with Gasteiger partial charge in [-0.2, -0.15) is 0 Å². The Morgan fingerprint density at radius 1 is 1.03 bits per heavy atom. The summed E-state index contributed by atoms with van der Waals surface area (Å²) in [6, 6.07) is 14.1. The fourth-order valence-electron chi connectivity index (χ4n) is 4.04. The second kappa shape index (κ2) is 8.73. The van der Waals surface area contributed by atoms with Crippen LogP contribution in [0.2, 0.25) is 0 Å². The topological polar surface area (TPSA) is 53.1 Å². The molecule has 0 bridgehead atoms. The van der Waals surface area contributed by atoms with Gasteiger partial charge in [0.2, 0.25) is 5.91 Å². The molecule has 0 radical (unpaired) electrons. The predicted molar refractivity (Wildman–Crippen MR) is 113 cm³/mol. The summed E-state index contributed by atoms with van der Waals surface area (Å²) in [5.41, 5.74) is 1.29. The highest BCUT2D eigenvalue weighted by atomic mass is 19.1. The second-order valence-electron chi connectivity index (χ2n) is 7.54. The quantitative estimate of drug-likeness (QED) is 0.759. The van der Waals surface area contributed by atoms with Gasteiger partial charge >= 0.3 is 0 Å². The number of amides is 2. The number of carbonyl (C=O) groups excluding carboxylic acids is 2. The number of hydrogen-bond donors (Lipinski definition) is 0. The summed E-state index contributed by atoms with van der Waals surface area (Å²) in [7, 11) is 0. The molecule has 0 aliphatic carbocycles. The molecular weight excluding hydrogens is 385 g/mol. The van der Waals surface area contributed by atoms with Crippen LogP contribution in [0, 0.1) is 5.82 Å². The van der Waals surface area contributed by atoms with Gasteiger partial charge in [-0.05, 0) is 30.7 Å². The molecule has 0 saturated carbocycles. The van der Waals surface area contributed by atoms with Crippen LogP contribution in [-0.4, -0.2) is 55.5 Å². The van der Waals surface area contributed by atoms with Gasteiger partial charge in [-0.1, -0.05) is 31.2 Å². The molecule has 2 heterocycles. The first-order valence-corrected chi connectivity index (χ1v) is 10.4. The molecule has 30 heavy (non-hydrogen) atoms. The number of fused-ring (bicyclic) bond motifs is 1. The third-order valence-electron chi connectivity index (χ3n) is 5.71. The number of carbonyl (C=O) groups is 2. The Labute approximate surface area is 175 Å². The van der Waals surface area contributed by atoms with E-state index in [0.717, 1.165) is 0 Å². The normalized spacial score (nSPS) is 18.8. The average molecular weight is 411 g/mol. The highest BCUT2D eigenvalue weighted by Gasteiger charge is 2.33. The lowest BCUT2D eigenvalue weighted by Crippen LogP contribution is -2.50. The van der Waals surface area contributed by atoms with E-state index in [4.69, 9.17) is 4.74 Å². The van der Waals surface area contributed by atoms with E-state index in [2.05, 4.69) is 0 Å². The smallest absolute Gasteiger partial charge is 0.268 e. The van der Waals surface area contributed by atoms with Gasteiger partial charge in [0.15, 0.2) is 6.10 Å². The van der Waals surface area contributed by atoms with Gasteiger partial charge < -0.3 is 19.4 Å². The van der Waals surface area contributed by atoms with E-state index in [1.165, 1.54) is 6.07 Å². The maximum Gasteiger partial charge on any atom is 0.268 e. The zero-order chi connectivity index (χ0) is 21.1. The maximum atomic E-state index is 14.0. The van der Waals surface area contributed by atoms with Gasteiger partial charge in [-0.25, -0.2) is 4.39 Å². The maximum absolute atomic E-state index is 14.0. The number of ether oxygens (including phenoxy) is 1. The number of hydrogen-bond acceptors (Lipinski definition) is 4. The minimum atomic E-state index is -0.515. The van der Waals surface area contributed by atoms with Crippen LogP contribution in [0.4, 0.5) is 15.8 Å². The van der Waals surface area contributed by atoms with E-state index in [0.29, 0.717) is 56.3 Å². The second-order valence-corrected chi connectivity index (χ2v) is 7.54. The van der Waals surface area contributed by atoms with Crippen molar-refractivity contribution < 1.29 is 18.7 Å². The standard InChI is InChI=1S/C23H26FN3O3/c1-2-20-23(29)27(19-9-5-6-10-21(19)30-20)12-11-22(28)26-15-13-25(14-16-26)18-8-4-3-7-17(18)24/h3-10,20H,2,11-16H2,1H3. The minimum absolute atomic E-state index is 0.00741. The SMILES string of the molecule is CCC1Oc2ccccc2N(CCC(=O)N2CCN(c3ccccc3F)CC2)C1=O. The summed E-state index contributed by atoms with van der Waals surface area (Å²) in [5.74, 6) is 0.337. The Morgan fingerprint density at radius 2 is 1.70 bits per heavy atom. The Bertz CT molecular complexity index is 927. The molecule has 2 aromatic rings. The van der Waals surface area contributed by atoms with Crippen LogP contribution >= 0.6 is 0 Å². The molecule has 2 aliphatic heterocycles. The van der Waals surface area contributed by atoms with Crippen LogP contribution < -0.4 is 14.5 Å². The zero-order valence-corrected chi connectivity index (χ0v) is 17.1. The number of rotatable bonds is 5. The van der Waals surface area contributed by atoms with Crippen molar-refractivity contribution in [1.82, 2.24) is 4.90 Å². The van der Waals surface area contributed by atoms with Gasteiger partial charge in [0.05, 0.1) is 11.4 Å². The highest BCUT2D eigenvalue weighted by molar-refractivity contribution is 6.00. The monoisotopic (exact) mass is 411 g/mol. The van der Waals surface area contributed by atoms with E-state index in [1.54, 1.807) is 21.9 Å². The fourth-order valence-corrected chi connectivity index (χ4v) is 4.04. The third kappa shape index (κ3) is 3.97. The summed E-state index contributed by atoms with van der Waals surface area (Å²) in [6.07, 6.45) is 0.311. The van der Waals surface area contributed by atoms with Crippen molar-refractivity contribution in [3.05, 3.63) is 54.3 Å². The highest BCUT2D eigenvalue weighted by Crippen LogP contribution is 2.34. The number of nitrogens with zero attached hydrogens (tertiary/aromatic N) is 3. The van der Waals surface area contributed by atoms with Gasteiger partial charge in [0.1, 0.15) is 11.6 Å². The molecule has 2 aromatic carbocycles. The van der Waals surface area contributed by atoms with Gasteiger partial charge in [0, 0.05) is 39.1 Å².